The molecule has 0 aromatic carbocycles. The number of fused-ring (bicyclic) bond motifs is 1. The van der Waals surface area contributed by atoms with Gasteiger partial charge in [0.2, 0.25) is 0 Å². The number of nitrogens with zero attached hydrogens (tertiary/aromatic N) is 3. The van der Waals surface area contributed by atoms with Crippen LogP contribution in [0.3, 0.4) is 0 Å². The second-order valence-electron chi connectivity index (χ2n) is 7.75. The van der Waals surface area contributed by atoms with Crippen molar-refractivity contribution in [2.45, 2.75) is 33.6 Å². The minimum atomic E-state index is -0.140. The van der Waals surface area contributed by atoms with E-state index in [9.17, 15) is 4.79 Å². The summed E-state index contributed by atoms with van der Waals surface area (Å²) in [7, 11) is 0. The van der Waals surface area contributed by atoms with Gasteiger partial charge in [0.1, 0.15) is 11.5 Å². The average Bonchev–Trinajstić information content (AvgIpc) is 3.29. The van der Waals surface area contributed by atoms with Crippen molar-refractivity contribution in [2.75, 3.05) is 39.4 Å². The van der Waals surface area contributed by atoms with Gasteiger partial charge in [-0.1, -0.05) is 5.16 Å². The molecule has 1 amide bonds. The van der Waals surface area contributed by atoms with Crippen LogP contribution < -0.4 is 5.32 Å². The summed E-state index contributed by atoms with van der Waals surface area (Å²) in [5, 5.41) is 7.70. The van der Waals surface area contributed by atoms with Crippen LogP contribution in [-0.2, 0) is 4.74 Å². The summed E-state index contributed by atoms with van der Waals surface area (Å²) < 4.78 is 16.4. The van der Waals surface area contributed by atoms with E-state index < -0.39 is 0 Å². The number of ether oxygens (including phenoxy) is 1. The Hall–Kier alpha value is -2.71. The van der Waals surface area contributed by atoms with Crippen molar-refractivity contribution in [3.63, 3.8) is 0 Å². The van der Waals surface area contributed by atoms with Gasteiger partial charge in [0.05, 0.1) is 35.6 Å². The van der Waals surface area contributed by atoms with Gasteiger partial charge < -0.3 is 19.0 Å². The summed E-state index contributed by atoms with van der Waals surface area (Å²) in [5.74, 6) is 1.41. The topological polar surface area (TPSA) is 93.6 Å². The second kappa shape index (κ2) is 8.97. The number of furan rings is 1. The van der Waals surface area contributed by atoms with E-state index in [-0.39, 0.29) is 5.91 Å². The summed E-state index contributed by atoms with van der Waals surface area (Å²) in [6, 6.07) is 3.72. The number of rotatable bonds is 7. The molecule has 8 heteroatoms. The first-order chi connectivity index (χ1) is 14.5. The number of aryl methyl sites for hydroxylation is 3. The van der Waals surface area contributed by atoms with Gasteiger partial charge in [-0.25, -0.2) is 4.98 Å². The van der Waals surface area contributed by atoms with Gasteiger partial charge in [-0.3, -0.25) is 9.69 Å². The van der Waals surface area contributed by atoms with Crippen molar-refractivity contribution in [1.82, 2.24) is 20.4 Å². The molecule has 4 rings (SSSR count). The zero-order chi connectivity index (χ0) is 21.1. The molecule has 8 nitrogen and oxygen atoms in total. The normalized spacial score (nSPS) is 15.0. The average molecular weight is 412 g/mol. The molecule has 3 aromatic rings. The highest BCUT2D eigenvalue weighted by Crippen LogP contribution is 2.30. The number of amides is 1. The fraction of sp³-hybridized carbons (Fsp3) is 0.500. The summed E-state index contributed by atoms with van der Waals surface area (Å²) in [4.78, 5) is 20.0. The van der Waals surface area contributed by atoms with Crippen LogP contribution in [0.15, 0.2) is 21.1 Å². The lowest BCUT2D eigenvalue weighted by atomic mass is 10.1. The first-order valence-electron chi connectivity index (χ1n) is 10.5. The van der Waals surface area contributed by atoms with Crippen molar-refractivity contribution >= 4 is 17.0 Å². The zero-order valence-corrected chi connectivity index (χ0v) is 17.8. The predicted octanol–water partition coefficient (Wildman–Crippen LogP) is 3.25. The maximum atomic E-state index is 13.0. The number of hydrogen-bond acceptors (Lipinski definition) is 7. The molecule has 1 aliphatic heterocycles. The van der Waals surface area contributed by atoms with Gasteiger partial charge in [0.25, 0.3) is 11.6 Å². The molecular weight excluding hydrogens is 384 g/mol. The smallest absolute Gasteiger partial charge is 0.259 e. The van der Waals surface area contributed by atoms with Crippen LogP contribution in [0, 0.1) is 20.8 Å². The Morgan fingerprint density at radius 2 is 1.97 bits per heavy atom. The van der Waals surface area contributed by atoms with Crippen LogP contribution >= 0.6 is 0 Å². The summed E-state index contributed by atoms with van der Waals surface area (Å²) in [5.41, 5.74) is 3.04. The third-order valence-electron chi connectivity index (χ3n) is 5.47. The first-order valence-corrected chi connectivity index (χ1v) is 10.5. The summed E-state index contributed by atoms with van der Waals surface area (Å²) in [6.45, 7) is 10.8. The monoisotopic (exact) mass is 412 g/mol. The lowest BCUT2D eigenvalue weighted by Gasteiger charge is -2.26. The van der Waals surface area contributed by atoms with E-state index in [2.05, 4.69) is 20.4 Å². The molecule has 160 valence electrons. The fourth-order valence-electron chi connectivity index (χ4n) is 3.88. The molecule has 4 heterocycles. The van der Waals surface area contributed by atoms with Crippen molar-refractivity contribution in [3.8, 4) is 11.3 Å². The highest BCUT2D eigenvalue weighted by Gasteiger charge is 2.21. The molecule has 30 heavy (non-hydrogen) atoms. The predicted molar refractivity (Wildman–Crippen MR) is 113 cm³/mol. The van der Waals surface area contributed by atoms with Crippen LogP contribution in [0.5, 0.6) is 0 Å². The molecule has 1 fully saturated rings. The molecule has 3 aromatic heterocycles. The van der Waals surface area contributed by atoms with Crippen LogP contribution in [0.1, 0.15) is 40.4 Å². The SMILES string of the molecule is Cc1cc(-c2cc(C(=O)NCCCCN3CCOCC3)c3c(C)noc3n2)c(C)o1. The highest BCUT2D eigenvalue weighted by atomic mass is 16.5. The largest absolute Gasteiger partial charge is 0.466 e. The molecule has 0 spiro atoms. The third kappa shape index (κ3) is 4.39. The zero-order valence-electron chi connectivity index (χ0n) is 17.8. The van der Waals surface area contributed by atoms with E-state index in [0.29, 0.717) is 34.6 Å². The van der Waals surface area contributed by atoms with Crippen molar-refractivity contribution < 1.29 is 18.5 Å². The first kappa shape index (κ1) is 20.6. The second-order valence-corrected chi connectivity index (χ2v) is 7.75. The highest BCUT2D eigenvalue weighted by molar-refractivity contribution is 6.07. The molecule has 0 unspecified atom stereocenters. The molecule has 1 N–H and O–H groups in total. The number of nitrogens with one attached hydrogen (secondary N) is 1. The van der Waals surface area contributed by atoms with E-state index in [4.69, 9.17) is 13.7 Å². The minimum Gasteiger partial charge on any atom is -0.466 e. The molecule has 0 atom stereocenters. The summed E-state index contributed by atoms with van der Waals surface area (Å²) in [6.07, 6.45) is 1.96. The molecule has 1 aliphatic rings. The van der Waals surface area contributed by atoms with Crippen LogP contribution in [0.2, 0.25) is 0 Å². The van der Waals surface area contributed by atoms with E-state index in [1.165, 1.54) is 0 Å². The Balaban J connectivity index is 1.46. The van der Waals surface area contributed by atoms with E-state index in [1.807, 2.05) is 26.8 Å². The number of carbonyl (C=O) groups is 1. The molecule has 0 bridgehead atoms. The number of hydrogen-bond donors (Lipinski definition) is 1. The van der Waals surface area contributed by atoms with Crippen LogP contribution in [0.4, 0.5) is 0 Å². The molecular formula is C22H28N4O4. The lowest BCUT2D eigenvalue weighted by Crippen LogP contribution is -2.37. The standard InChI is InChI=1S/C22H28N4O4/c1-14-12-17(16(3)29-14)19-13-18(20-15(2)25-30-22(20)24-19)21(27)23-6-4-5-7-26-8-10-28-11-9-26/h12-13H,4-11H2,1-3H3,(H,23,27). The molecule has 0 saturated carbocycles. The van der Waals surface area contributed by atoms with Crippen LogP contribution in [0.25, 0.3) is 22.4 Å². The molecule has 0 radical (unpaired) electrons. The van der Waals surface area contributed by atoms with Gasteiger partial charge in [-0.2, -0.15) is 0 Å². The van der Waals surface area contributed by atoms with E-state index in [0.717, 1.165) is 62.8 Å². The number of morpholine rings is 1. The Morgan fingerprint density at radius 3 is 2.70 bits per heavy atom. The maximum Gasteiger partial charge on any atom is 0.259 e. The Morgan fingerprint density at radius 1 is 1.17 bits per heavy atom. The molecule has 1 saturated heterocycles. The Labute approximate surface area is 175 Å². The fourth-order valence-corrected chi connectivity index (χ4v) is 3.88. The van der Waals surface area contributed by atoms with Crippen LogP contribution in [-0.4, -0.2) is 60.3 Å². The van der Waals surface area contributed by atoms with E-state index in [1.54, 1.807) is 6.07 Å². The third-order valence-corrected chi connectivity index (χ3v) is 5.47. The van der Waals surface area contributed by atoms with Crippen molar-refractivity contribution in [1.29, 1.82) is 0 Å². The summed E-state index contributed by atoms with van der Waals surface area (Å²) >= 11 is 0. The van der Waals surface area contributed by atoms with Crippen molar-refractivity contribution in [2.24, 2.45) is 0 Å². The lowest BCUT2D eigenvalue weighted by molar-refractivity contribution is 0.0372. The quantitative estimate of drug-likeness (QED) is 0.595. The Bertz CT molecular complexity index is 1030. The van der Waals surface area contributed by atoms with Gasteiger partial charge in [-0.05, 0) is 52.3 Å². The van der Waals surface area contributed by atoms with Gasteiger partial charge in [0, 0.05) is 25.2 Å². The maximum absolute atomic E-state index is 13.0. The number of aromatic nitrogens is 2. The Kier molecular flexibility index (Phi) is 6.15. The van der Waals surface area contributed by atoms with Gasteiger partial charge in [-0.15, -0.1) is 0 Å². The van der Waals surface area contributed by atoms with Gasteiger partial charge >= 0.3 is 0 Å². The van der Waals surface area contributed by atoms with Crippen molar-refractivity contribution in [3.05, 3.63) is 34.9 Å². The number of pyridine rings is 1. The minimum absolute atomic E-state index is 0.140. The van der Waals surface area contributed by atoms with E-state index >= 15 is 0 Å². The number of carbonyl (C=O) groups excluding carboxylic acids is 1. The van der Waals surface area contributed by atoms with Gasteiger partial charge in [0.15, 0.2) is 0 Å². The molecule has 0 aliphatic carbocycles. The number of unbranched alkanes of at least 4 members (excludes halogenated alkanes) is 1.